The molecule has 1 aromatic heterocycles. The van der Waals surface area contributed by atoms with Gasteiger partial charge in [-0.25, -0.2) is 9.37 Å². The largest absolute Gasteiger partial charge is 0.497 e. The van der Waals surface area contributed by atoms with E-state index in [1.165, 1.54) is 18.3 Å². The van der Waals surface area contributed by atoms with Gasteiger partial charge in [0.15, 0.2) is 11.6 Å². The lowest BCUT2D eigenvalue weighted by Crippen LogP contribution is -2.34. The monoisotopic (exact) mass is 303 g/mol. The molecule has 0 atom stereocenters. The summed E-state index contributed by atoms with van der Waals surface area (Å²) in [5, 5.41) is 2.76. The summed E-state index contributed by atoms with van der Waals surface area (Å²) in [5.74, 6) is 0.130. The Balaban J connectivity index is 2.05. The fourth-order valence-corrected chi connectivity index (χ4v) is 2.02. The number of pyridine rings is 1. The molecule has 1 N–H and O–H groups in total. The highest BCUT2D eigenvalue weighted by atomic mass is 19.1. The van der Waals surface area contributed by atoms with Crippen LogP contribution in [0.2, 0.25) is 0 Å². The number of anilines is 2. The van der Waals surface area contributed by atoms with E-state index in [2.05, 4.69) is 10.3 Å². The van der Waals surface area contributed by atoms with Crippen LogP contribution in [0.15, 0.2) is 42.6 Å². The lowest BCUT2D eigenvalue weighted by atomic mass is 10.3. The lowest BCUT2D eigenvalue weighted by molar-refractivity contribution is -0.115. The molecule has 22 heavy (non-hydrogen) atoms. The van der Waals surface area contributed by atoms with Gasteiger partial charge in [-0.2, -0.15) is 0 Å². The second-order valence-corrected chi connectivity index (χ2v) is 4.60. The number of ether oxygens (including phenoxy) is 1. The van der Waals surface area contributed by atoms with Crippen LogP contribution in [0.25, 0.3) is 0 Å². The van der Waals surface area contributed by atoms with Crippen LogP contribution < -0.4 is 15.0 Å². The highest BCUT2D eigenvalue weighted by Crippen LogP contribution is 2.18. The van der Waals surface area contributed by atoms with E-state index in [0.29, 0.717) is 18.0 Å². The Morgan fingerprint density at radius 3 is 2.86 bits per heavy atom. The van der Waals surface area contributed by atoms with Crippen molar-refractivity contribution in [1.82, 2.24) is 4.98 Å². The molecule has 0 fully saturated rings. The number of hydrogen-bond donors (Lipinski definition) is 1. The molecule has 0 saturated carbocycles. The maximum absolute atomic E-state index is 13.8. The van der Waals surface area contributed by atoms with Gasteiger partial charge >= 0.3 is 0 Å². The predicted molar refractivity (Wildman–Crippen MR) is 83.7 cm³/mol. The second kappa shape index (κ2) is 7.40. The van der Waals surface area contributed by atoms with Gasteiger partial charge in [0.2, 0.25) is 5.91 Å². The van der Waals surface area contributed by atoms with Crippen molar-refractivity contribution in [3.05, 3.63) is 48.4 Å². The van der Waals surface area contributed by atoms with Crippen LogP contribution in [-0.4, -0.2) is 31.1 Å². The molecule has 0 saturated heterocycles. The molecule has 0 radical (unpaired) electrons. The third kappa shape index (κ3) is 3.94. The minimum Gasteiger partial charge on any atom is -0.497 e. The number of likely N-dealkylation sites (N-methyl/N-ethyl adjacent to an activating group) is 1. The number of benzene rings is 1. The van der Waals surface area contributed by atoms with Crippen LogP contribution in [-0.2, 0) is 4.79 Å². The number of methoxy groups -OCH3 is 1. The van der Waals surface area contributed by atoms with Crippen LogP contribution in [0.5, 0.6) is 5.75 Å². The fraction of sp³-hybridized carbons (Fsp3) is 0.250. The second-order valence-electron chi connectivity index (χ2n) is 4.60. The lowest BCUT2D eigenvalue weighted by Gasteiger charge is -2.21. The topological polar surface area (TPSA) is 54.5 Å². The molecule has 0 aliphatic rings. The van der Waals surface area contributed by atoms with Gasteiger partial charge in [-0.3, -0.25) is 4.79 Å². The first kappa shape index (κ1) is 15.8. The summed E-state index contributed by atoms with van der Waals surface area (Å²) in [4.78, 5) is 17.7. The van der Waals surface area contributed by atoms with Gasteiger partial charge < -0.3 is 15.0 Å². The van der Waals surface area contributed by atoms with Crippen molar-refractivity contribution in [2.75, 3.05) is 30.4 Å². The normalized spacial score (nSPS) is 10.1. The maximum atomic E-state index is 13.8. The first-order valence-electron chi connectivity index (χ1n) is 6.93. The Hall–Kier alpha value is -2.63. The van der Waals surface area contributed by atoms with Crippen molar-refractivity contribution in [3.8, 4) is 5.75 Å². The molecule has 1 amide bonds. The van der Waals surface area contributed by atoms with Crippen LogP contribution >= 0.6 is 0 Å². The summed E-state index contributed by atoms with van der Waals surface area (Å²) in [6.45, 7) is 2.33. The third-order valence-corrected chi connectivity index (χ3v) is 3.11. The number of carbonyl (C=O) groups excluding carboxylic acids is 1. The molecule has 0 spiro atoms. The van der Waals surface area contributed by atoms with Crippen molar-refractivity contribution in [2.45, 2.75) is 6.92 Å². The van der Waals surface area contributed by atoms with Crippen LogP contribution in [0, 0.1) is 5.82 Å². The molecular formula is C16H18FN3O2. The molecule has 2 aromatic rings. The van der Waals surface area contributed by atoms with E-state index in [1.54, 1.807) is 36.3 Å². The molecule has 6 heteroatoms. The smallest absolute Gasteiger partial charge is 0.243 e. The number of hydrogen-bond acceptors (Lipinski definition) is 4. The number of halogens is 1. The van der Waals surface area contributed by atoms with Gasteiger partial charge in [0, 0.05) is 24.5 Å². The number of rotatable bonds is 6. The average Bonchev–Trinajstić information content (AvgIpc) is 2.53. The summed E-state index contributed by atoms with van der Waals surface area (Å²) >= 11 is 0. The molecule has 0 unspecified atom stereocenters. The van der Waals surface area contributed by atoms with E-state index in [-0.39, 0.29) is 18.3 Å². The molecule has 2 rings (SSSR count). The number of carbonyl (C=O) groups is 1. The standard InChI is InChI=1S/C16H18FN3O2/c1-3-20(16-14(17)8-5-9-18-16)11-15(21)19-12-6-4-7-13(10-12)22-2/h4-10H,3,11H2,1-2H3,(H,19,21). The number of nitrogens with zero attached hydrogens (tertiary/aromatic N) is 2. The summed E-state index contributed by atoms with van der Waals surface area (Å²) in [7, 11) is 1.56. The highest BCUT2D eigenvalue weighted by molar-refractivity contribution is 5.94. The van der Waals surface area contributed by atoms with Crippen LogP contribution in [0.3, 0.4) is 0 Å². The SMILES string of the molecule is CCN(CC(=O)Nc1cccc(OC)c1)c1ncccc1F. The molecule has 0 bridgehead atoms. The molecule has 1 aromatic carbocycles. The summed E-state index contributed by atoms with van der Waals surface area (Å²) < 4.78 is 18.9. The fourth-order valence-electron chi connectivity index (χ4n) is 2.02. The molecule has 116 valence electrons. The Morgan fingerprint density at radius 2 is 2.18 bits per heavy atom. The summed E-state index contributed by atoms with van der Waals surface area (Å²) in [5.41, 5.74) is 0.627. The van der Waals surface area contributed by atoms with E-state index in [4.69, 9.17) is 4.74 Å². The van der Waals surface area contributed by atoms with Gasteiger partial charge in [0.05, 0.1) is 13.7 Å². The molecule has 0 aliphatic carbocycles. The zero-order chi connectivity index (χ0) is 15.9. The molecule has 1 heterocycles. The van der Waals surface area contributed by atoms with Gasteiger partial charge in [-0.15, -0.1) is 0 Å². The van der Waals surface area contributed by atoms with E-state index in [1.807, 2.05) is 6.92 Å². The number of nitrogens with one attached hydrogen (secondary N) is 1. The Morgan fingerprint density at radius 1 is 1.36 bits per heavy atom. The summed E-state index contributed by atoms with van der Waals surface area (Å²) in [6.07, 6.45) is 1.50. The van der Waals surface area contributed by atoms with Crippen molar-refractivity contribution in [1.29, 1.82) is 0 Å². The molecule has 5 nitrogen and oxygen atoms in total. The highest BCUT2D eigenvalue weighted by Gasteiger charge is 2.15. The predicted octanol–water partition coefficient (Wildman–Crippen LogP) is 2.69. The van der Waals surface area contributed by atoms with Gasteiger partial charge in [0.1, 0.15) is 5.75 Å². The minimum absolute atomic E-state index is 0.0155. The number of amides is 1. The number of aromatic nitrogens is 1. The maximum Gasteiger partial charge on any atom is 0.243 e. The zero-order valence-electron chi connectivity index (χ0n) is 12.5. The molecular weight excluding hydrogens is 285 g/mol. The van der Waals surface area contributed by atoms with Gasteiger partial charge in [0.25, 0.3) is 0 Å². The van der Waals surface area contributed by atoms with Crippen molar-refractivity contribution in [3.63, 3.8) is 0 Å². The van der Waals surface area contributed by atoms with Gasteiger partial charge in [-0.1, -0.05) is 6.07 Å². The van der Waals surface area contributed by atoms with Crippen molar-refractivity contribution in [2.24, 2.45) is 0 Å². The van der Waals surface area contributed by atoms with Crippen molar-refractivity contribution < 1.29 is 13.9 Å². The first-order chi connectivity index (χ1) is 10.6. The quantitative estimate of drug-likeness (QED) is 0.891. The average molecular weight is 303 g/mol. The van der Waals surface area contributed by atoms with E-state index >= 15 is 0 Å². The third-order valence-electron chi connectivity index (χ3n) is 3.11. The Kier molecular flexibility index (Phi) is 5.30. The van der Waals surface area contributed by atoms with E-state index in [9.17, 15) is 9.18 Å². The first-order valence-corrected chi connectivity index (χ1v) is 6.93. The van der Waals surface area contributed by atoms with Crippen LogP contribution in [0.4, 0.5) is 15.9 Å². The van der Waals surface area contributed by atoms with Crippen molar-refractivity contribution >= 4 is 17.4 Å². The zero-order valence-corrected chi connectivity index (χ0v) is 12.5. The van der Waals surface area contributed by atoms with Gasteiger partial charge in [-0.05, 0) is 31.2 Å². The van der Waals surface area contributed by atoms with Crippen LogP contribution in [0.1, 0.15) is 6.92 Å². The molecule has 0 aliphatic heterocycles. The Labute approximate surface area is 128 Å². The van der Waals surface area contributed by atoms with E-state index < -0.39 is 5.82 Å². The minimum atomic E-state index is -0.446. The Bertz CT molecular complexity index is 649. The summed E-state index contributed by atoms with van der Waals surface area (Å²) in [6, 6.07) is 9.89. The van der Waals surface area contributed by atoms with E-state index in [0.717, 1.165) is 0 Å².